The van der Waals surface area contributed by atoms with Gasteiger partial charge in [-0.05, 0) is 31.9 Å². The van der Waals surface area contributed by atoms with Crippen molar-refractivity contribution >= 4 is 5.82 Å². The van der Waals surface area contributed by atoms with Crippen molar-refractivity contribution in [2.75, 3.05) is 5.73 Å². The number of benzene rings is 1. The molecule has 0 atom stereocenters. The molecule has 1 aromatic carbocycles. The molecule has 0 amide bonds. The first-order chi connectivity index (χ1) is 8.74. The number of rotatable bonds is 3. The van der Waals surface area contributed by atoms with Crippen LogP contribution < -0.4 is 10.5 Å². The van der Waals surface area contributed by atoms with Crippen LogP contribution in [0.5, 0.6) is 11.6 Å². The molecule has 1 aliphatic carbocycles. The van der Waals surface area contributed by atoms with Crippen LogP contribution in [0.3, 0.4) is 0 Å². The van der Waals surface area contributed by atoms with E-state index in [0.29, 0.717) is 17.6 Å². The van der Waals surface area contributed by atoms with Gasteiger partial charge in [-0.2, -0.15) is 4.98 Å². The Hall–Kier alpha value is -2.10. The second-order valence-electron chi connectivity index (χ2n) is 4.59. The average molecular weight is 241 g/mol. The van der Waals surface area contributed by atoms with Crippen molar-refractivity contribution in [1.82, 2.24) is 9.97 Å². The monoisotopic (exact) mass is 241 g/mol. The molecular weight excluding hydrogens is 226 g/mol. The lowest BCUT2D eigenvalue weighted by Crippen LogP contribution is -2.04. The molecule has 2 N–H and O–H groups in total. The van der Waals surface area contributed by atoms with Crippen molar-refractivity contribution in [3.63, 3.8) is 0 Å². The first kappa shape index (κ1) is 11.0. The Morgan fingerprint density at radius 1 is 1.17 bits per heavy atom. The highest BCUT2D eigenvalue weighted by molar-refractivity contribution is 5.46. The van der Waals surface area contributed by atoms with Crippen molar-refractivity contribution in [3.8, 4) is 11.6 Å². The van der Waals surface area contributed by atoms with Gasteiger partial charge in [-0.1, -0.05) is 18.2 Å². The standard InChI is InChI=1S/C14H15N3O/c1-9-12(15)16-13(10-7-8-10)17-14(9)18-11-5-3-2-4-6-11/h2-6,10H,7-8H2,1H3,(H2,15,16,17). The Balaban J connectivity index is 1.95. The summed E-state index contributed by atoms with van der Waals surface area (Å²) in [5, 5.41) is 0. The molecule has 92 valence electrons. The van der Waals surface area contributed by atoms with E-state index in [-0.39, 0.29) is 0 Å². The molecule has 1 aromatic heterocycles. The molecule has 1 saturated carbocycles. The molecular formula is C14H15N3O. The van der Waals surface area contributed by atoms with Crippen molar-refractivity contribution in [3.05, 3.63) is 41.7 Å². The van der Waals surface area contributed by atoms with E-state index < -0.39 is 0 Å². The number of nitrogen functional groups attached to an aromatic ring is 1. The molecule has 0 saturated heterocycles. The van der Waals surface area contributed by atoms with Gasteiger partial charge >= 0.3 is 0 Å². The second-order valence-corrected chi connectivity index (χ2v) is 4.59. The predicted molar refractivity (Wildman–Crippen MR) is 69.7 cm³/mol. The zero-order valence-corrected chi connectivity index (χ0v) is 10.3. The van der Waals surface area contributed by atoms with Crippen molar-refractivity contribution in [1.29, 1.82) is 0 Å². The van der Waals surface area contributed by atoms with Crippen molar-refractivity contribution < 1.29 is 4.74 Å². The summed E-state index contributed by atoms with van der Waals surface area (Å²) in [6, 6.07) is 9.60. The van der Waals surface area contributed by atoms with Crippen LogP contribution in [-0.2, 0) is 0 Å². The van der Waals surface area contributed by atoms with Crippen LogP contribution in [-0.4, -0.2) is 9.97 Å². The largest absolute Gasteiger partial charge is 0.439 e. The number of hydrogen-bond donors (Lipinski definition) is 1. The third-order valence-corrected chi connectivity index (χ3v) is 3.06. The van der Waals surface area contributed by atoms with Gasteiger partial charge in [0.2, 0.25) is 5.88 Å². The quantitative estimate of drug-likeness (QED) is 0.897. The number of nitrogens with zero attached hydrogens (tertiary/aromatic N) is 2. The Morgan fingerprint density at radius 2 is 1.89 bits per heavy atom. The number of anilines is 1. The lowest BCUT2D eigenvalue weighted by Gasteiger charge is -2.10. The van der Waals surface area contributed by atoms with Gasteiger partial charge in [0.25, 0.3) is 0 Å². The highest BCUT2D eigenvalue weighted by Gasteiger charge is 2.28. The SMILES string of the molecule is Cc1c(N)nc(C2CC2)nc1Oc1ccccc1. The van der Waals surface area contributed by atoms with Crippen LogP contribution in [0.4, 0.5) is 5.82 Å². The highest BCUT2D eigenvalue weighted by Crippen LogP contribution is 2.40. The van der Waals surface area contributed by atoms with Crippen molar-refractivity contribution in [2.24, 2.45) is 0 Å². The molecule has 0 radical (unpaired) electrons. The minimum absolute atomic E-state index is 0.464. The van der Waals surface area contributed by atoms with E-state index in [2.05, 4.69) is 9.97 Å². The van der Waals surface area contributed by atoms with Crippen LogP contribution in [0.25, 0.3) is 0 Å². The molecule has 0 spiro atoms. The molecule has 18 heavy (non-hydrogen) atoms. The minimum atomic E-state index is 0.464. The predicted octanol–water partition coefficient (Wildman–Crippen LogP) is 3.04. The lowest BCUT2D eigenvalue weighted by atomic mass is 10.3. The van der Waals surface area contributed by atoms with Gasteiger partial charge in [0.15, 0.2) is 0 Å². The third-order valence-electron chi connectivity index (χ3n) is 3.06. The molecule has 1 fully saturated rings. The van der Waals surface area contributed by atoms with E-state index in [9.17, 15) is 0 Å². The van der Waals surface area contributed by atoms with Crippen molar-refractivity contribution in [2.45, 2.75) is 25.7 Å². The number of ether oxygens (including phenoxy) is 1. The maximum absolute atomic E-state index is 5.91. The van der Waals surface area contributed by atoms with Gasteiger partial charge in [-0.15, -0.1) is 0 Å². The summed E-state index contributed by atoms with van der Waals surface area (Å²) in [7, 11) is 0. The van der Waals surface area contributed by atoms with E-state index in [4.69, 9.17) is 10.5 Å². The maximum atomic E-state index is 5.91. The summed E-state index contributed by atoms with van der Waals surface area (Å²) < 4.78 is 5.78. The van der Waals surface area contributed by atoms with Gasteiger partial charge in [-0.3, -0.25) is 0 Å². The summed E-state index contributed by atoms with van der Waals surface area (Å²) in [4.78, 5) is 8.80. The number of aromatic nitrogens is 2. The third kappa shape index (κ3) is 2.14. The molecule has 0 bridgehead atoms. The molecule has 0 unspecified atom stereocenters. The van der Waals surface area contributed by atoms with E-state index in [1.54, 1.807) is 0 Å². The summed E-state index contributed by atoms with van der Waals surface area (Å²) in [6.45, 7) is 1.88. The van der Waals surface area contributed by atoms with E-state index >= 15 is 0 Å². The molecule has 4 nitrogen and oxygen atoms in total. The van der Waals surface area contributed by atoms with E-state index in [0.717, 1.165) is 30.0 Å². The summed E-state index contributed by atoms with van der Waals surface area (Å²) in [5.41, 5.74) is 6.70. The second kappa shape index (κ2) is 4.29. The smallest absolute Gasteiger partial charge is 0.227 e. The zero-order chi connectivity index (χ0) is 12.5. The van der Waals surface area contributed by atoms with E-state index in [1.165, 1.54) is 0 Å². The van der Waals surface area contributed by atoms with Crippen LogP contribution >= 0.6 is 0 Å². The molecule has 3 rings (SSSR count). The first-order valence-corrected chi connectivity index (χ1v) is 6.11. The topological polar surface area (TPSA) is 61.0 Å². The normalized spacial score (nSPS) is 14.5. The van der Waals surface area contributed by atoms with Crippen LogP contribution in [0, 0.1) is 6.92 Å². The van der Waals surface area contributed by atoms with Crippen LogP contribution in [0.1, 0.15) is 30.1 Å². The molecule has 4 heteroatoms. The number of hydrogen-bond acceptors (Lipinski definition) is 4. The fraction of sp³-hybridized carbons (Fsp3) is 0.286. The van der Waals surface area contributed by atoms with Crippen LogP contribution in [0.15, 0.2) is 30.3 Å². The number of nitrogens with two attached hydrogens (primary N) is 1. The van der Waals surface area contributed by atoms with E-state index in [1.807, 2.05) is 37.3 Å². The Kier molecular flexibility index (Phi) is 2.63. The number of para-hydroxylation sites is 1. The van der Waals surface area contributed by atoms with Gasteiger partial charge in [-0.25, -0.2) is 4.98 Å². The van der Waals surface area contributed by atoms with Gasteiger partial charge in [0.1, 0.15) is 17.4 Å². The Bertz CT molecular complexity index is 565. The van der Waals surface area contributed by atoms with Gasteiger partial charge in [0.05, 0.1) is 5.56 Å². The lowest BCUT2D eigenvalue weighted by molar-refractivity contribution is 0.455. The highest BCUT2D eigenvalue weighted by atomic mass is 16.5. The first-order valence-electron chi connectivity index (χ1n) is 6.11. The minimum Gasteiger partial charge on any atom is -0.439 e. The molecule has 0 aliphatic heterocycles. The molecule has 1 heterocycles. The summed E-state index contributed by atoms with van der Waals surface area (Å²) >= 11 is 0. The molecule has 1 aliphatic rings. The van der Waals surface area contributed by atoms with Gasteiger partial charge < -0.3 is 10.5 Å². The summed E-state index contributed by atoms with van der Waals surface area (Å²) in [5.74, 6) is 3.11. The van der Waals surface area contributed by atoms with Gasteiger partial charge in [0, 0.05) is 5.92 Å². The zero-order valence-electron chi connectivity index (χ0n) is 10.3. The fourth-order valence-electron chi connectivity index (χ4n) is 1.75. The Morgan fingerprint density at radius 3 is 2.56 bits per heavy atom. The fourth-order valence-corrected chi connectivity index (χ4v) is 1.75. The maximum Gasteiger partial charge on any atom is 0.227 e. The Labute approximate surface area is 106 Å². The average Bonchev–Trinajstić information content (AvgIpc) is 3.20. The van der Waals surface area contributed by atoms with Crippen LogP contribution in [0.2, 0.25) is 0 Å². The molecule has 2 aromatic rings. The summed E-state index contributed by atoms with van der Waals surface area (Å²) in [6.07, 6.45) is 2.29.